The molecule has 19 heavy (non-hydrogen) atoms. The van der Waals surface area contributed by atoms with E-state index in [1.807, 2.05) is 13.8 Å². The minimum Gasteiger partial charge on any atom is -0.344 e. The Morgan fingerprint density at radius 2 is 1.89 bits per heavy atom. The molecular formula is C14H19FN2O2. The molecule has 0 radical (unpaired) electrons. The highest BCUT2D eigenvalue weighted by molar-refractivity contribution is 5.97. The largest absolute Gasteiger partial charge is 0.344 e. The molecule has 0 bridgehead atoms. The van der Waals surface area contributed by atoms with Crippen molar-refractivity contribution in [2.75, 3.05) is 5.32 Å². The maximum atomic E-state index is 13.0. The summed E-state index contributed by atoms with van der Waals surface area (Å²) < 4.78 is 13.0. The summed E-state index contributed by atoms with van der Waals surface area (Å²) in [6.07, 6.45) is 0. The van der Waals surface area contributed by atoms with Crippen molar-refractivity contribution in [2.45, 2.75) is 33.7 Å². The molecule has 0 fully saturated rings. The Labute approximate surface area is 112 Å². The molecule has 1 atom stereocenters. The lowest BCUT2D eigenvalue weighted by molar-refractivity contribution is -0.126. The molecule has 1 unspecified atom stereocenters. The monoisotopic (exact) mass is 266 g/mol. The van der Waals surface area contributed by atoms with Gasteiger partial charge in [-0.25, -0.2) is 4.39 Å². The second-order valence-electron chi connectivity index (χ2n) is 4.87. The van der Waals surface area contributed by atoms with Crippen LogP contribution >= 0.6 is 0 Å². The molecule has 104 valence electrons. The van der Waals surface area contributed by atoms with Gasteiger partial charge in [-0.1, -0.05) is 13.8 Å². The zero-order valence-electron chi connectivity index (χ0n) is 11.6. The number of carbonyl (C=O) groups excluding carboxylic acids is 2. The highest BCUT2D eigenvalue weighted by atomic mass is 19.1. The predicted octanol–water partition coefficient (Wildman–Crippen LogP) is 2.23. The number of amides is 2. The highest BCUT2D eigenvalue weighted by Crippen LogP contribution is 2.16. The van der Waals surface area contributed by atoms with E-state index in [-0.39, 0.29) is 23.5 Å². The molecule has 5 heteroatoms. The summed E-state index contributed by atoms with van der Waals surface area (Å²) in [6.45, 7) is 6.77. The van der Waals surface area contributed by atoms with E-state index in [1.165, 1.54) is 25.1 Å². The van der Waals surface area contributed by atoms with Crippen LogP contribution in [0.4, 0.5) is 10.1 Å². The lowest BCUT2D eigenvalue weighted by Crippen LogP contribution is -2.46. The predicted molar refractivity (Wildman–Crippen MR) is 72.2 cm³/mol. The average Bonchev–Trinajstić information content (AvgIpc) is 2.29. The van der Waals surface area contributed by atoms with Crippen molar-refractivity contribution in [3.05, 3.63) is 29.6 Å². The number of aryl methyl sites for hydroxylation is 1. The summed E-state index contributed by atoms with van der Waals surface area (Å²) >= 11 is 0. The smallest absolute Gasteiger partial charge is 0.247 e. The Morgan fingerprint density at radius 3 is 2.37 bits per heavy atom. The molecule has 0 aliphatic carbocycles. The van der Waals surface area contributed by atoms with E-state index < -0.39 is 6.04 Å². The van der Waals surface area contributed by atoms with Crippen LogP contribution in [0.3, 0.4) is 0 Å². The standard InChI is InChI=1S/C14H19FN2O2/c1-8(2)13(16-10(4)18)14(19)17-12-6-5-11(15)7-9(12)3/h5-8,13H,1-4H3,(H,16,18)(H,17,19). The Kier molecular flexibility index (Phi) is 5.03. The van der Waals surface area contributed by atoms with E-state index in [4.69, 9.17) is 0 Å². The molecule has 0 aliphatic rings. The summed E-state index contributed by atoms with van der Waals surface area (Å²) in [5, 5.41) is 5.31. The third-order valence-corrected chi connectivity index (χ3v) is 2.75. The zero-order chi connectivity index (χ0) is 14.6. The minimum atomic E-state index is -0.609. The van der Waals surface area contributed by atoms with Crippen molar-refractivity contribution in [1.82, 2.24) is 5.32 Å². The topological polar surface area (TPSA) is 58.2 Å². The third kappa shape index (κ3) is 4.35. The Morgan fingerprint density at radius 1 is 1.26 bits per heavy atom. The number of hydrogen-bond donors (Lipinski definition) is 2. The first kappa shape index (κ1) is 15.1. The van der Waals surface area contributed by atoms with Crippen LogP contribution in [0.1, 0.15) is 26.3 Å². The first-order valence-corrected chi connectivity index (χ1v) is 6.15. The highest BCUT2D eigenvalue weighted by Gasteiger charge is 2.23. The maximum absolute atomic E-state index is 13.0. The molecule has 0 saturated carbocycles. The lowest BCUT2D eigenvalue weighted by atomic mass is 10.0. The van der Waals surface area contributed by atoms with E-state index in [0.717, 1.165) is 0 Å². The van der Waals surface area contributed by atoms with Gasteiger partial charge in [0, 0.05) is 12.6 Å². The molecule has 1 aromatic rings. The third-order valence-electron chi connectivity index (χ3n) is 2.75. The Hall–Kier alpha value is -1.91. The van der Waals surface area contributed by atoms with Crippen LogP contribution in [-0.4, -0.2) is 17.9 Å². The second-order valence-corrected chi connectivity index (χ2v) is 4.87. The average molecular weight is 266 g/mol. The van der Waals surface area contributed by atoms with Crippen molar-refractivity contribution in [3.8, 4) is 0 Å². The van der Waals surface area contributed by atoms with Gasteiger partial charge in [0.1, 0.15) is 11.9 Å². The molecule has 1 rings (SSSR count). The maximum Gasteiger partial charge on any atom is 0.247 e. The van der Waals surface area contributed by atoms with Crippen LogP contribution in [0, 0.1) is 18.7 Å². The summed E-state index contributed by atoms with van der Waals surface area (Å²) in [5.41, 5.74) is 1.18. The SMILES string of the molecule is CC(=O)NC(C(=O)Nc1ccc(F)cc1C)C(C)C. The van der Waals surface area contributed by atoms with Crippen molar-refractivity contribution < 1.29 is 14.0 Å². The molecule has 1 aromatic carbocycles. The molecule has 0 aliphatic heterocycles. The number of benzene rings is 1. The van der Waals surface area contributed by atoms with Gasteiger partial charge in [0.05, 0.1) is 0 Å². The Balaban J connectivity index is 2.84. The van der Waals surface area contributed by atoms with E-state index in [9.17, 15) is 14.0 Å². The number of nitrogens with one attached hydrogen (secondary N) is 2. The van der Waals surface area contributed by atoms with Crippen LogP contribution in [0.15, 0.2) is 18.2 Å². The van der Waals surface area contributed by atoms with Gasteiger partial charge in [0.15, 0.2) is 0 Å². The fraction of sp³-hybridized carbons (Fsp3) is 0.429. The van der Waals surface area contributed by atoms with Gasteiger partial charge in [-0.15, -0.1) is 0 Å². The first-order chi connectivity index (χ1) is 8.81. The zero-order valence-corrected chi connectivity index (χ0v) is 11.6. The molecule has 0 heterocycles. The molecule has 0 spiro atoms. The van der Waals surface area contributed by atoms with E-state index in [1.54, 1.807) is 6.92 Å². The summed E-state index contributed by atoms with van der Waals surface area (Å²) in [6, 6.07) is 3.53. The van der Waals surface area contributed by atoms with Gasteiger partial charge in [-0.2, -0.15) is 0 Å². The summed E-state index contributed by atoms with van der Waals surface area (Å²) in [4.78, 5) is 23.2. The minimum absolute atomic E-state index is 0.0374. The van der Waals surface area contributed by atoms with Crippen molar-refractivity contribution in [1.29, 1.82) is 0 Å². The van der Waals surface area contributed by atoms with Crippen LogP contribution in [0.5, 0.6) is 0 Å². The normalized spacial score (nSPS) is 12.1. The number of rotatable bonds is 4. The van der Waals surface area contributed by atoms with E-state index in [0.29, 0.717) is 11.3 Å². The fourth-order valence-electron chi connectivity index (χ4n) is 1.73. The van der Waals surface area contributed by atoms with Crippen molar-refractivity contribution in [2.24, 2.45) is 5.92 Å². The molecule has 0 saturated heterocycles. The number of halogens is 1. The lowest BCUT2D eigenvalue weighted by Gasteiger charge is -2.21. The number of anilines is 1. The van der Waals surface area contributed by atoms with Crippen LogP contribution in [-0.2, 0) is 9.59 Å². The first-order valence-electron chi connectivity index (χ1n) is 6.15. The van der Waals surface area contributed by atoms with E-state index >= 15 is 0 Å². The van der Waals surface area contributed by atoms with Gasteiger partial charge >= 0.3 is 0 Å². The quantitative estimate of drug-likeness (QED) is 0.878. The molecular weight excluding hydrogens is 247 g/mol. The summed E-state index contributed by atoms with van der Waals surface area (Å²) in [5.74, 6) is -0.952. The fourth-order valence-corrected chi connectivity index (χ4v) is 1.73. The second kappa shape index (κ2) is 6.31. The number of hydrogen-bond acceptors (Lipinski definition) is 2. The van der Waals surface area contributed by atoms with Gasteiger partial charge < -0.3 is 10.6 Å². The molecule has 4 nitrogen and oxygen atoms in total. The number of carbonyl (C=O) groups is 2. The molecule has 2 amide bonds. The molecule has 2 N–H and O–H groups in total. The van der Waals surface area contributed by atoms with Gasteiger partial charge in [-0.05, 0) is 36.6 Å². The van der Waals surface area contributed by atoms with Gasteiger partial charge in [0.25, 0.3) is 0 Å². The van der Waals surface area contributed by atoms with Crippen molar-refractivity contribution >= 4 is 17.5 Å². The summed E-state index contributed by atoms with van der Waals surface area (Å²) in [7, 11) is 0. The van der Waals surface area contributed by atoms with Crippen LogP contribution in [0.25, 0.3) is 0 Å². The van der Waals surface area contributed by atoms with Crippen LogP contribution in [0.2, 0.25) is 0 Å². The Bertz CT molecular complexity index is 486. The molecule has 0 aromatic heterocycles. The van der Waals surface area contributed by atoms with Crippen LogP contribution < -0.4 is 10.6 Å². The van der Waals surface area contributed by atoms with Gasteiger partial charge in [0.2, 0.25) is 11.8 Å². The van der Waals surface area contributed by atoms with Gasteiger partial charge in [-0.3, -0.25) is 9.59 Å². The van der Waals surface area contributed by atoms with E-state index in [2.05, 4.69) is 10.6 Å². The van der Waals surface area contributed by atoms with Crippen molar-refractivity contribution in [3.63, 3.8) is 0 Å².